The summed E-state index contributed by atoms with van der Waals surface area (Å²) in [6, 6.07) is 1.80. The third-order valence-electron chi connectivity index (χ3n) is 0.993. The molecule has 1 aromatic rings. The van der Waals surface area contributed by atoms with Gasteiger partial charge in [0.25, 0.3) is 5.91 Å². The van der Waals surface area contributed by atoms with Crippen LogP contribution in [-0.2, 0) is 0 Å². The maximum Gasteiger partial charge on any atom is 0.271 e. The molecule has 0 bridgehead atoms. The fourth-order valence-electron chi connectivity index (χ4n) is 0.535. The van der Waals surface area contributed by atoms with Crippen LogP contribution < -0.4 is 5.32 Å². The fraction of sp³-hybridized carbons (Fsp3) is 0.167. The number of thiazole rings is 1. The Balaban J connectivity index is 2.51. The lowest BCUT2D eigenvalue weighted by molar-refractivity contribution is 0.0954. The summed E-state index contributed by atoms with van der Waals surface area (Å²) in [6.45, 7) is 0.0242. The summed E-state index contributed by atoms with van der Waals surface area (Å²) in [5.74, 6) is -0.298. The quantitative estimate of drug-likeness (QED) is 0.648. The first kappa shape index (κ1) is 7.69. The molecule has 0 aliphatic carbocycles. The van der Waals surface area contributed by atoms with Gasteiger partial charge in [-0.05, 0) is 0 Å². The molecule has 0 atom stereocenters. The van der Waals surface area contributed by atoms with E-state index in [-0.39, 0.29) is 12.5 Å². The first-order chi connectivity index (χ1) is 5.34. The van der Waals surface area contributed by atoms with Crippen LogP contribution in [0.3, 0.4) is 0 Å². The van der Waals surface area contributed by atoms with Gasteiger partial charge in [-0.1, -0.05) is 0 Å². The molecule has 5 heteroatoms. The van der Waals surface area contributed by atoms with E-state index in [0.717, 1.165) is 0 Å². The van der Waals surface area contributed by atoms with Crippen molar-refractivity contribution in [3.8, 4) is 6.07 Å². The predicted octanol–water partition coefficient (Wildman–Crippen LogP) is 0.396. The number of nitrogens with one attached hydrogen (secondary N) is 1. The lowest BCUT2D eigenvalue weighted by Crippen LogP contribution is -2.23. The normalized spacial score (nSPS) is 8.64. The van der Waals surface area contributed by atoms with E-state index < -0.39 is 0 Å². The van der Waals surface area contributed by atoms with Gasteiger partial charge in [0, 0.05) is 5.38 Å². The third-order valence-corrected chi connectivity index (χ3v) is 1.58. The van der Waals surface area contributed by atoms with Gasteiger partial charge in [0.2, 0.25) is 0 Å². The molecule has 1 N–H and O–H groups in total. The van der Waals surface area contributed by atoms with Crippen LogP contribution in [0.4, 0.5) is 0 Å². The fourth-order valence-corrected chi connectivity index (χ4v) is 1.07. The van der Waals surface area contributed by atoms with Gasteiger partial charge in [-0.25, -0.2) is 4.98 Å². The second-order valence-electron chi connectivity index (χ2n) is 1.71. The molecule has 0 aromatic carbocycles. The first-order valence-electron chi connectivity index (χ1n) is 2.88. The van der Waals surface area contributed by atoms with Crippen molar-refractivity contribution < 1.29 is 4.79 Å². The van der Waals surface area contributed by atoms with E-state index in [9.17, 15) is 4.79 Å². The molecule has 0 aliphatic rings. The minimum Gasteiger partial charge on any atom is -0.338 e. The number of hydrogen-bond donors (Lipinski definition) is 1. The zero-order valence-corrected chi connectivity index (χ0v) is 6.39. The molecular weight excluding hydrogens is 162 g/mol. The van der Waals surface area contributed by atoms with Crippen molar-refractivity contribution in [2.24, 2.45) is 0 Å². The SMILES string of the molecule is N#CCNC(=O)c1cscn1. The number of nitriles is 1. The molecule has 56 valence electrons. The van der Waals surface area contributed by atoms with Crippen LogP contribution in [0.25, 0.3) is 0 Å². The Morgan fingerprint density at radius 2 is 2.73 bits per heavy atom. The summed E-state index contributed by atoms with van der Waals surface area (Å²) in [5.41, 5.74) is 1.94. The molecule has 0 unspecified atom stereocenters. The number of carbonyl (C=O) groups excluding carboxylic acids is 1. The maximum absolute atomic E-state index is 10.9. The Bertz CT molecular complexity index is 275. The third kappa shape index (κ3) is 2.02. The Labute approximate surface area is 67.5 Å². The van der Waals surface area contributed by atoms with E-state index in [1.165, 1.54) is 11.3 Å². The lowest BCUT2D eigenvalue weighted by Gasteiger charge is -1.93. The zero-order chi connectivity index (χ0) is 8.10. The van der Waals surface area contributed by atoms with Crippen molar-refractivity contribution in [2.45, 2.75) is 0 Å². The Morgan fingerprint density at radius 1 is 1.91 bits per heavy atom. The van der Waals surface area contributed by atoms with Gasteiger partial charge in [0.15, 0.2) is 0 Å². The highest BCUT2D eigenvalue weighted by Crippen LogP contribution is 1.99. The largest absolute Gasteiger partial charge is 0.338 e. The molecular formula is C6H5N3OS. The Hall–Kier alpha value is -1.41. The molecule has 11 heavy (non-hydrogen) atoms. The van der Waals surface area contributed by atoms with E-state index in [4.69, 9.17) is 5.26 Å². The van der Waals surface area contributed by atoms with Crippen LogP contribution in [0.5, 0.6) is 0 Å². The van der Waals surface area contributed by atoms with E-state index in [1.54, 1.807) is 17.0 Å². The van der Waals surface area contributed by atoms with Gasteiger partial charge in [0.05, 0.1) is 11.6 Å². The van der Waals surface area contributed by atoms with E-state index in [0.29, 0.717) is 5.69 Å². The van der Waals surface area contributed by atoms with Crippen LogP contribution in [0.2, 0.25) is 0 Å². The van der Waals surface area contributed by atoms with Gasteiger partial charge in [-0.3, -0.25) is 4.79 Å². The molecule has 1 rings (SSSR count). The van der Waals surface area contributed by atoms with E-state index in [2.05, 4.69) is 10.3 Å². The van der Waals surface area contributed by atoms with Crippen molar-refractivity contribution >= 4 is 17.2 Å². The number of aromatic nitrogens is 1. The molecule has 0 spiro atoms. The lowest BCUT2D eigenvalue weighted by atomic mass is 10.4. The number of amides is 1. The molecule has 1 aromatic heterocycles. The van der Waals surface area contributed by atoms with Crippen LogP contribution in [0.15, 0.2) is 10.9 Å². The second-order valence-corrected chi connectivity index (χ2v) is 2.43. The molecule has 1 amide bonds. The summed E-state index contributed by atoms with van der Waals surface area (Å²) in [7, 11) is 0. The predicted molar refractivity (Wildman–Crippen MR) is 40.1 cm³/mol. The van der Waals surface area contributed by atoms with Crippen LogP contribution in [0, 0.1) is 11.3 Å². The van der Waals surface area contributed by atoms with Gasteiger partial charge >= 0.3 is 0 Å². The number of hydrogen-bond acceptors (Lipinski definition) is 4. The maximum atomic E-state index is 10.9. The summed E-state index contributed by atoms with van der Waals surface area (Å²) in [5, 5.41) is 12.1. The van der Waals surface area contributed by atoms with Crippen molar-refractivity contribution in [3.05, 3.63) is 16.6 Å². The molecule has 0 radical (unpaired) electrons. The monoisotopic (exact) mass is 167 g/mol. The van der Waals surface area contributed by atoms with Crippen molar-refractivity contribution in [1.82, 2.24) is 10.3 Å². The average molecular weight is 167 g/mol. The number of carbonyl (C=O) groups is 1. The highest BCUT2D eigenvalue weighted by atomic mass is 32.1. The molecule has 0 saturated carbocycles. The van der Waals surface area contributed by atoms with E-state index >= 15 is 0 Å². The smallest absolute Gasteiger partial charge is 0.271 e. The molecule has 0 aliphatic heterocycles. The summed E-state index contributed by atoms with van der Waals surface area (Å²) in [6.07, 6.45) is 0. The first-order valence-corrected chi connectivity index (χ1v) is 3.82. The zero-order valence-electron chi connectivity index (χ0n) is 5.57. The van der Waals surface area contributed by atoms with Gasteiger partial charge in [-0.15, -0.1) is 11.3 Å². The number of rotatable bonds is 2. The van der Waals surface area contributed by atoms with Gasteiger partial charge in [-0.2, -0.15) is 5.26 Å². The minimum atomic E-state index is -0.298. The van der Waals surface area contributed by atoms with Crippen LogP contribution in [-0.4, -0.2) is 17.4 Å². The Morgan fingerprint density at radius 3 is 3.27 bits per heavy atom. The van der Waals surface area contributed by atoms with Gasteiger partial charge in [0.1, 0.15) is 12.2 Å². The summed E-state index contributed by atoms with van der Waals surface area (Å²) >= 11 is 1.35. The molecule has 4 nitrogen and oxygen atoms in total. The van der Waals surface area contributed by atoms with Crippen molar-refractivity contribution in [2.75, 3.05) is 6.54 Å². The molecule has 0 fully saturated rings. The average Bonchev–Trinajstić information content (AvgIpc) is 2.52. The second kappa shape index (κ2) is 3.68. The highest BCUT2D eigenvalue weighted by molar-refractivity contribution is 7.07. The van der Waals surface area contributed by atoms with Crippen molar-refractivity contribution in [1.29, 1.82) is 5.26 Å². The van der Waals surface area contributed by atoms with E-state index in [1.807, 2.05) is 0 Å². The number of nitrogens with zero attached hydrogens (tertiary/aromatic N) is 2. The van der Waals surface area contributed by atoms with Crippen LogP contribution in [0.1, 0.15) is 10.5 Å². The summed E-state index contributed by atoms with van der Waals surface area (Å²) in [4.78, 5) is 14.7. The molecule has 0 saturated heterocycles. The summed E-state index contributed by atoms with van der Waals surface area (Å²) < 4.78 is 0. The van der Waals surface area contributed by atoms with Crippen LogP contribution >= 0.6 is 11.3 Å². The van der Waals surface area contributed by atoms with Gasteiger partial charge < -0.3 is 5.32 Å². The standard InChI is InChI=1S/C6H5N3OS/c7-1-2-8-6(10)5-3-11-4-9-5/h3-4H,2H2,(H,8,10). The molecule has 1 heterocycles. The topological polar surface area (TPSA) is 65.8 Å². The highest BCUT2D eigenvalue weighted by Gasteiger charge is 2.04. The minimum absolute atomic E-state index is 0.0242. The van der Waals surface area contributed by atoms with Crippen molar-refractivity contribution in [3.63, 3.8) is 0 Å². The Kier molecular flexibility index (Phi) is 2.58.